The molecule has 0 bridgehead atoms. The number of benzene rings is 2. The van der Waals surface area contributed by atoms with Gasteiger partial charge in [0.25, 0.3) is 0 Å². The lowest BCUT2D eigenvalue weighted by Crippen LogP contribution is -2.35. The van der Waals surface area contributed by atoms with Gasteiger partial charge in [-0.15, -0.1) is 23.1 Å². The number of hydrogen-bond donors (Lipinski definition) is 0. The second kappa shape index (κ2) is 8.06. The van der Waals surface area contributed by atoms with E-state index in [0.29, 0.717) is 12.3 Å². The van der Waals surface area contributed by atoms with E-state index in [1.165, 1.54) is 15.8 Å². The van der Waals surface area contributed by atoms with Crippen LogP contribution in [0.1, 0.15) is 17.0 Å². The quantitative estimate of drug-likeness (QED) is 0.635. The molecule has 1 aliphatic rings. The Labute approximate surface area is 161 Å². The van der Waals surface area contributed by atoms with Crippen LogP contribution in [-0.4, -0.2) is 34.6 Å². The van der Waals surface area contributed by atoms with Gasteiger partial charge in [-0.3, -0.25) is 4.79 Å². The Morgan fingerprint density at radius 1 is 1.12 bits per heavy atom. The highest BCUT2D eigenvalue weighted by Gasteiger charge is 2.18. The van der Waals surface area contributed by atoms with E-state index in [-0.39, 0.29) is 5.91 Å². The Hall–Kier alpha value is -2.11. The number of aromatic nitrogens is 1. The van der Waals surface area contributed by atoms with E-state index in [0.717, 1.165) is 29.2 Å². The molecule has 0 saturated heterocycles. The predicted octanol–water partition coefficient (Wildman–Crippen LogP) is 4.85. The highest BCUT2D eigenvalue weighted by molar-refractivity contribution is 7.99. The molecule has 0 N–H and O–H groups in total. The van der Waals surface area contributed by atoms with Gasteiger partial charge in [0.05, 0.1) is 16.0 Å². The summed E-state index contributed by atoms with van der Waals surface area (Å²) in [4.78, 5) is 19.0. The zero-order valence-corrected chi connectivity index (χ0v) is 16.1. The second-order valence-corrected chi connectivity index (χ2v) is 8.35. The number of fused-ring (bicyclic) bond motifs is 1. The highest BCUT2D eigenvalue weighted by Crippen LogP contribution is 2.26. The third kappa shape index (κ3) is 4.00. The molecule has 1 amide bonds. The van der Waals surface area contributed by atoms with Gasteiger partial charge in [0.1, 0.15) is 5.01 Å². The number of carbonyl (C=O) groups excluding carboxylic acids is 1. The summed E-state index contributed by atoms with van der Waals surface area (Å²) in [6.45, 7) is 1.52. The first-order valence-corrected chi connectivity index (χ1v) is 10.7. The molecule has 26 heavy (non-hydrogen) atoms. The number of nitrogens with zero attached hydrogens (tertiary/aromatic N) is 2. The van der Waals surface area contributed by atoms with Crippen molar-refractivity contribution in [1.82, 2.24) is 9.88 Å². The summed E-state index contributed by atoms with van der Waals surface area (Å²) in [5, 5.41) is 1.09. The van der Waals surface area contributed by atoms with Crippen molar-refractivity contribution in [3.05, 3.63) is 71.2 Å². The normalized spacial score (nSPS) is 14.5. The van der Waals surface area contributed by atoms with E-state index in [4.69, 9.17) is 0 Å². The monoisotopic (exact) mass is 380 g/mol. The van der Waals surface area contributed by atoms with E-state index >= 15 is 0 Å². The molecule has 1 aromatic heterocycles. The van der Waals surface area contributed by atoms with Gasteiger partial charge >= 0.3 is 0 Å². The van der Waals surface area contributed by atoms with Gasteiger partial charge in [-0.25, -0.2) is 4.98 Å². The van der Waals surface area contributed by atoms with Crippen LogP contribution in [0.3, 0.4) is 0 Å². The number of amides is 1. The molecule has 5 heteroatoms. The predicted molar refractivity (Wildman–Crippen MR) is 111 cm³/mol. The minimum Gasteiger partial charge on any atom is -0.338 e. The summed E-state index contributed by atoms with van der Waals surface area (Å²) >= 11 is 3.37. The standard InChI is InChI=1S/C21H20N2OS2/c24-21(15-25-14-20-22-18-8-4-5-9-19(18)26-20)23-12-10-17(11-13-23)16-6-2-1-3-7-16/h1-10H,11-15H2. The SMILES string of the molecule is O=C(CSCc1nc2ccccc2s1)N1CC=C(c2ccccc2)CC1. The molecule has 0 unspecified atom stereocenters. The maximum absolute atomic E-state index is 12.5. The average Bonchev–Trinajstić information content (AvgIpc) is 3.11. The zero-order chi connectivity index (χ0) is 17.8. The molecule has 1 aliphatic heterocycles. The fraction of sp³-hybridized carbons (Fsp3) is 0.238. The number of thioether (sulfide) groups is 1. The molecular formula is C21H20N2OS2. The molecule has 2 aromatic carbocycles. The molecule has 0 atom stereocenters. The van der Waals surface area contributed by atoms with Crippen molar-refractivity contribution in [3.63, 3.8) is 0 Å². The van der Waals surface area contributed by atoms with Gasteiger partial charge in [-0.2, -0.15) is 0 Å². The first kappa shape index (κ1) is 17.3. The van der Waals surface area contributed by atoms with E-state index in [2.05, 4.69) is 41.4 Å². The lowest BCUT2D eigenvalue weighted by atomic mass is 10.00. The Balaban J connectivity index is 1.28. The van der Waals surface area contributed by atoms with Gasteiger partial charge in [0.15, 0.2) is 0 Å². The third-order valence-electron chi connectivity index (χ3n) is 4.50. The summed E-state index contributed by atoms with van der Waals surface area (Å²) in [5.74, 6) is 1.54. The lowest BCUT2D eigenvalue weighted by Gasteiger charge is -2.26. The Morgan fingerprint density at radius 2 is 1.92 bits per heavy atom. The maximum atomic E-state index is 12.5. The summed E-state index contributed by atoms with van der Waals surface area (Å²) in [5.41, 5.74) is 3.66. The maximum Gasteiger partial charge on any atom is 0.232 e. The molecule has 0 fully saturated rings. The van der Waals surface area contributed by atoms with Crippen LogP contribution in [0.15, 0.2) is 60.7 Å². The van der Waals surface area contributed by atoms with Gasteiger partial charge in [0.2, 0.25) is 5.91 Å². The van der Waals surface area contributed by atoms with Crippen molar-refractivity contribution >= 4 is 44.8 Å². The Bertz CT molecular complexity index is 900. The van der Waals surface area contributed by atoms with Crippen LogP contribution in [0.5, 0.6) is 0 Å². The van der Waals surface area contributed by atoms with Crippen LogP contribution >= 0.6 is 23.1 Å². The smallest absolute Gasteiger partial charge is 0.232 e. The van der Waals surface area contributed by atoms with E-state index in [9.17, 15) is 4.79 Å². The van der Waals surface area contributed by atoms with Crippen LogP contribution < -0.4 is 0 Å². The van der Waals surface area contributed by atoms with E-state index in [1.807, 2.05) is 29.2 Å². The fourth-order valence-electron chi connectivity index (χ4n) is 3.11. The molecule has 4 rings (SSSR count). The van der Waals surface area contributed by atoms with Crippen molar-refractivity contribution < 1.29 is 4.79 Å². The van der Waals surface area contributed by atoms with Crippen LogP contribution in [-0.2, 0) is 10.5 Å². The zero-order valence-electron chi connectivity index (χ0n) is 14.4. The molecule has 3 nitrogen and oxygen atoms in total. The summed E-state index contributed by atoms with van der Waals surface area (Å²) in [7, 11) is 0. The number of thiazole rings is 1. The fourth-order valence-corrected chi connectivity index (χ4v) is 5.06. The number of carbonyl (C=O) groups is 1. The molecule has 0 spiro atoms. The number of hydrogen-bond acceptors (Lipinski definition) is 4. The summed E-state index contributed by atoms with van der Waals surface area (Å²) in [6.07, 6.45) is 3.12. The molecule has 132 valence electrons. The Morgan fingerprint density at radius 3 is 2.69 bits per heavy atom. The van der Waals surface area contributed by atoms with Crippen molar-refractivity contribution in [3.8, 4) is 0 Å². The molecule has 3 aromatic rings. The topological polar surface area (TPSA) is 33.2 Å². The first-order valence-electron chi connectivity index (χ1n) is 8.74. The minimum absolute atomic E-state index is 0.222. The average molecular weight is 381 g/mol. The minimum atomic E-state index is 0.222. The molecule has 0 saturated carbocycles. The van der Waals surface area contributed by atoms with E-state index in [1.54, 1.807) is 23.1 Å². The van der Waals surface area contributed by atoms with Crippen molar-refractivity contribution in [2.75, 3.05) is 18.8 Å². The molecular weight excluding hydrogens is 360 g/mol. The van der Waals surface area contributed by atoms with Crippen LogP contribution in [0, 0.1) is 0 Å². The van der Waals surface area contributed by atoms with Gasteiger partial charge in [-0.1, -0.05) is 48.5 Å². The van der Waals surface area contributed by atoms with Gasteiger partial charge in [0, 0.05) is 18.8 Å². The third-order valence-corrected chi connectivity index (χ3v) is 6.64. The summed E-state index contributed by atoms with van der Waals surface area (Å²) in [6, 6.07) is 18.6. The van der Waals surface area contributed by atoms with Gasteiger partial charge in [-0.05, 0) is 29.7 Å². The number of para-hydroxylation sites is 1. The highest BCUT2D eigenvalue weighted by atomic mass is 32.2. The van der Waals surface area contributed by atoms with Crippen molar-refractivity contribution in [1.29, 1.82) is 0 Å². The van der Waals surface area contributed by atoms with Crippen LogP contribution in [0.2, 0.25) is 0 Å². The largest absolute Gasteiger partial charge is 0.338 e. The van der Waals surface area contributed by atoms with Crippen molar-refractivity contribution in [2.45, 2.75) is 12.2 Å². The second-order valence-electron chi connectivity index (χ2n) is 6.25. The summed E-state index contributed by atoms with van der Waals surface area (Å²) < 4.78 is 1.21. The van der Waals surface area contributed by atoms with E-state index < -0.39 is 0 Å². The number of rotatable bonds is 5. The molecule has 0 radical (unpaired) electrons. The molecule has 0 aliphatic carbocycles. The molecule has 2 heterocycles. The van der Waals surface area contributed by atoms with Gasteiger partial charge < -0.3 is 4.90 Å². The van der Waals surface area contributed by atoms with Crippen LogP contribution in [0.4, 0.5) is 0 Å². The first-order chi connectivity index (χ1) is 12.8. The van der Waals surface area contributed by atoms with Crippen molar-refractivity contribution in [2.24, 2.45) is 0 Å². The Kier molecular flexibility index (Phi) is 5.37. The lowest BCUT2D eigenvalue weighted by molar-refractivity contribution is -0.127. The van der Waals surface area contributed by atoms with Crippen LogP contribution in [0.25, 0.3) is 15.8 Å².